The smallest absolute Gasteiger partial charge is 0.342 e. The fourth-order valence-electron chi connectivity index (χ4n) is 1.44. The number of aliphatic hydroxyl groups is 1. The number of rotatable bonds is 7. The van der Waals surface area contributed by atoms with E-state index in [1.165, 1.54) is 10.8 Å². The molecule has 1 unspecified atom stereocenters. The second-order valence-corrected chi connectivity index (χ2v) is 4.37. The molecule has 0 amide bonds. The van der Waals surface area contributed by atoms with Crippen molar-refractivity contribution < 1.29 is 10.0 Å². The number of aromatic nitrogens is 2. The maximum absolute atomic E-state index is 10.7. The molecule has 0 radical (unpaired) electrons. The summed E-state index contributed by atoms with van der Waals surface area (Å²) in [6.45, 7) is 2.96. The molecule has 1 heterocycles. The van der Waals surface area contributed by atoms with Gasteiger partial charge < -0.3 is 20.5 Å². The summed E-state index contributed by atoms with van der Waals surface area (Å²) >= 11 is 3.25. The number of halogens is 2. The molecule has 18 heavy (non-hydrogen) atoms. The van der Waals surface area contributed by atoms with E-state index in [-0.39, 0.29) is 29.3 Å². The molecule has 0 fully saturated rings. The summed E-state index contributed by atoms with van der Waals surface area (Å²) in [5, 5.41) is 24.3. The van der Waals surface area contributed by atoms with Crippen LogP contribution in [0.25, 0.3) is 0 Å². The van der Waals surface area contributed by atoms with E-state index in [4.69, 9.17) is 0 Å². The molecule has 2 N–H and O–H groups in total. The zero-order valence-electron chi connectivity index (χ0n) is 9.87. The van der Waals surface area contributed by atoms with Gasteiger partial charge in [0.1, 0.15) is 18.8 Å². The van der Waals surface area contributed by atoms with E-state index < -0.39 is 11.0 Å². The van der Waals surface area contributed by atoms with Crippen molar-refractivity contribution >= 4 is 38.7 Å². The molecule has 0 bridgehead atoms. The maximum atomic E-state index is 10.7. The minimum atomic E-state index is -0.680. The van der Waals surface area contributed by atoms with Crippen molar-refractivity contribution in [2.24, 2.45) is 0 Å². The van der Waals surface area contributed by atoms with Crippen molar-refractivity contribution in [3.8, 4) is 0 Å². The van der Waals surface area contributed by atoms with Crippen LogP contribution in [0.5, 0.6) is 0 Å². The Bertz CT molecular complexity index is 386. The number of imidazole rings is 1. The number of aliphatic hydroxyl groups excluding tert-OH is 1. The third-order valence-electron chi connectivity index (χ3n) is 2.27. The first-order valence-electron chi connectivity index (χ1n) is 5.17. The summed E-state index contributed by atoms with van der Waals surface area (Å²) < 4.78 is 1.40. The summed E-state index contributed by atoms with van der Waals surface area (Å²) in [5.74, 6) is 0.429. The fourth-order valence-corrected chi connectivity index (χ4v) is 1.72. The Kier molecular flexibility index (Phi) is 8.32. The predicted octanol–water partition coefficient (Wildman–Crippen LogP) is 1.02. The summed E-state index contributed by atoms with van der Waals surface area (Å²) in [6, 6.07) is 0. The molecule has 104 valence electrons. The quantitative estimate of drug-likeness (QED) is 0.315. The minimum absolute atomic E-state index is 0. The number of alkyl halides is 1. The Labute approximate surface area is 124 Å². The largest absolute Gasteiger partial charge is 0.388 e. The lowest BCUT2D eigenvalue weighted by Gasteiger charge is -2.10. The lowest BCUT2D eigenvalue weighted by Crippen LogP contribution is -2.31. The lowest BCUT2D eigenvalue weighted by atomic mass is 10.3. The number of hydrogen-bond acceptors (Lipinski definition) is 5. The second kappa shape index (κ2) is 8.57. The van der Waals surface area contributed by atoms with Gasteiger partial charge in [-0.25, -0.2) is 9.55 Å². The Morgan fingerprint density at radius 1 is 1.72 bits per heavy atom. The Hall–Kier alpha value is -0.510. The highest BCUT2D eigenvalue weighted by molar-refractivity contribution is 9.09. The van der Waals surface area contributed by atoms with Crippen LogP contribution in [0, 0.1) is 17.0 Å². The van der Waals surface area contributed by atoms with Gasteiger partial charge in [0.05, 0.1) is 0 Å². The molecule has 9 heteroatoms. The van der Waals surface area contributed by atoms with Gasteiger partial charge in [0.25, 0.3) is 0 Å². The first-order valence-corrected chi connectivity index (χ1v) is 6.29. The van der Waals surface area contributed by atoms with Crippen LogP contribution in [0.3, 0.4) is 0 Å². The standard InChI is InChI=1S/C9H15BrN4O3.BrH/c1-7-12-5-9(14(16)17)13(7)6-8(15)4-11-3-2-10;/h5,8,11,15H,2-4,6H2,1H3;1H. The van der Waals surface area contributed by atoms with Crippen LogP contribution in [0.4, 0.5) is 5.82 Å². The van der Waals surface area contributed by atoms with E-state index >= 15 is 0 Å². The zero-order valence-corrected chi connectivity index (χ0v) is 13.2. The Morgan fingerprint density at radius 2 is 2.39 bits per heavy atom. The van der Waals surface area contributed by atoms with Crippen molar-refractivity contribution in [3.05, 3.63) is 22.1 Å². The van der Waals surface area contributed by atoms with Crippen molar-refractivity contribution in [1.29, 1.82) is 0 Å². The third-order valence-corrected chi connectivity index (χ3v) is 2.66. The molecular formula is C9H16Br2N4O3. The molecule has 1 atom stereocenters. The summed E-state index contributed by atoms with van der Waals surface area (Å²) in [6.07, 6.45) is 0.522. The number of hydrogen-bond donors (Lipinski definition) is 2. The SMILES string of the molecule is Br.Cc1ncc([N+](=O)[O-])n1CC(O)CNCCBr. The van der Waals surface area contributed by atoms with Gasteiger partial charge in [-0.2, -0.15) is 0 Å². The predicted molar refractivity (Wildman–Crippen MR) is 76.6 cm³/mol. The van der Waals surface area contributed by atoms with E-state index in [2.05, 4.69) is 26.2 Å². The van der Waals surface area contributed by atoms with Gasteiger partial charge >= 0.3 is 5.82 Å². The van der Waals surface area contributed by atoms with Crippen molar-refractivity contribution in [3.63, 3.8) is 0 Å². The van der Waals surface area contributed by atoms with Crippen LogP contribution in [0.2, 0.25) is 0 Å². The van der Waals surface area contributed by atoms with Crippen molar-refractivity contribution in [1.82, 2.24) is 14.9 Å². The highest BCUT2D eigenvalue weighted by Gasteiger charge is 2.20. The highest BCUT2D eigenvalue weighted by atomic mass is 79.9. The van der Waals surface area contributed by atoms with Crippen LogP contribution in [0.15, 0.2) is 6.20 Å². The molecule has 0 spiro atoms. The molecule has 0 aliphatic rings. The Morgan fingerprint density at radius 3 is 2.94 bits per heavy atom. The monoisotopic (exact) mass is 386 g/mol. The van der Waals surface area contributed by atoms with Crippen molar-refractivity contribution in [2.45, 2.75) is 19.6 Å². The minimum Gasteiger partial charge on any atom is -0.388 e. The summed E-state index contributed by atoms with van der Waals surface area (Å²) in [4.78, 5) is 14.1. The zero-order chi connectivity index (χ0) is 12.8. The van der Waals surface area contributed by atoms with Crippen LogP contribution in [0.1, 0.15) is 5.82 Å². The van der Waals surface area contributed by atoms with E-state index in [9.17, 15) is 15.2 Å². The van der Waals surface area contributed by atoms with Crippen molar-refractivity contribution in [2.75, 3.05) is 18.4 Å². The number of aryl methyl sites for hydroxylation is 1. The molecule has 0 saturated heterocycles. The summed E-state index contributed by atoms with van der Waals surface area (Å²) in [7, 11) is 0. The van der Waals surface area contributed by atoms with Gasteiger partial charge in [0.15, 0.2) is 5.82 Å². The average Bonchev–Trinajstić information content (AvgIpc) is 2.61. The number of nitro groups is 1. The number of nitrogens with zero attached hydrogens (tertiary/aromatic N) is 3. The Balaban J connectivity index is 0.00000289. The molecule has 0 aliphatic carbocycles. The van der Waals surface area contributed by atoms with E-state index in [0.717, 1.165) is 11.9 Å². The normalized spacial score (nSPS) is 11.9. The van der Waals surface area contributed by atoms with E-state index in [1.807, 2.05) is 0 Å². The van der Waals surface area contributed by atoms with E-state index in [1.54, 1.807) is 6.92 Å². The molecule has 7 nitrogen and oxygen atoms in total. The molecular weight excluding hydrogens is 372 g/mol. The van der Waals surface area contributed by atoms with Crippen LogP contribution in [-0.2, 0) is 6.54 Å². The van der Waals surface area contributed by atoms with Crippen LogP contribution >= 0.6 is 32.9 Å². The molecule has 1 aromatic heterocycles. The van der Waals surface area contributed by atoms with Gasteiger partial charge in [-0.15, -0.1) is 17.0 Å². The first kappa shape index (κ1) is 17.5. The van der Waals surface area contributed by atoms with Gasteiger partial charge in [-0.1, -0.05) is 15.9 Å². The average molecular weight is 388 g/mol. The molecule has 1 rings (SSSR count). The van der Waals surface area contributed by atoms with Gasteiger partial charge in [0.2, 0.25) is 0 Å². The summed E-state index contributed by atoms with van der Waals surface area (Å²) in [5.41, 5.74) is 0. The van der Waals surface area contributed by atoms with Gasteiger partial charge in [-0.05, 0) is 4.92 Å². The third kappa shape index (κ3) is 5.01. The lowest BCUT2D eigenvalue weighted by molar-refractivity contribution is -0.392. The maximum Gasteiger partial charge on any atom is 0.342 e. The molecule has 1 aromatic rings. The molecule has 0 aromatic carbocycles. The van der Waals surface area contributed by atoms with Gasteiger partial charge in [0, 0.05) is 25.3 Å². The van der Waals surface area contributed by atoms with Crippen LogP contribution in [-0.4, -0.2) is 44.1 Å². The second-order valence-electron chi connectivity index (χ2n) is 3.58. The fraction of sp³-hybridized carbons (Fsp3) is 0.667. The van der Waals surface area contributed by atoms with Gasteiger partial charge in [-0.3, -0.25) is 0 Å². The van der Waals surface area contributed by atoms with E-state index in [0.29, 0.717) is 12.4 Å². The first-order chi connectivity index (χ1) is 8.06. The highest BCUT2D eigenvalue weighted by Crippen LogP contribution is 2.13. The number of nitrogens with one attached hydrogen (secondary N) is 1. The molecule has 0 aliphatic heterocycles. The molecule has 0 saturated carbocycles. The topological polar surface area (TPSA) is 93.2 Å². The van der Waals surface area contributed by atoms with Crippen LogP contribution < -0.4 is 5.32 Å².